The van der Waals surface area contributed by atoms with Gasteiger partial charge in [-0.1, -0.05) is 6.92 Å². The average molecular weight is 320 g/mol. The quantitative estimate of drug-likeness (QED) is 0.450. The predicted octanol–water partition coefficient (Wildman–Crippen LogP) is 0.884. The summed E-state index contributed by atoms with van der Waals surface area (Å²) in [7, 11) is 3.12. The van der Waals surface area contributed by atoms with Crippen LogP contribution in [-0.4, -0.2) is 67.7 Å². The molecule has 0 aliphatic rings. The summed E-state index contributed by atoms with van der Waals surface area (Å²) in [6.07, 6.45) is 0.219. The number of thioether (sulfide) groups is 1. The minimum absolute atomic E-state index is 0.174. The van der Waals surface area contributed by atoms with Crippen LogP contribution in [0.5, 0.6) is 0 Å². The SMILES string of the molecule is CCOC(=O)CCN(C)C(=O)C(OC)C(N)CCSCC. The highest BCUT2D eigenvalue weighted by Gasteiger charge is 2.28. The van der Waals surface area contributed by atoms with E-state index >= 15 is 0 Å². The third-order valence-corrected chi connectivity index (χ3v) is 3.95. The molecule has 0 fully saturated rings. The number of carbonyl (C=O) groups is 2. The molecule has 2 atom stereocenters. The lowest BCUT2D eigenvalue weighted by molar-refractivity contribution is -0.146. The Labute approximate surface area is 131 Å². The van der Waals surface area contributed by atoms with Gasteiger partial charge in [-0.2, -0.15) is 11.8 Å². The second-order valence-electron chi connectivity index (χ2n) is 4.62. The number of ether oxygens (including phenoxy) is 2. The molecule has 21 heavy (non-hydrogen) atoms. The molecule has 0 saturated carbocycles. The Morgan fingerprint density at radius 3 is 2.52 bits per heavy atom. The number of likely N-dealkylation sites (N-methyl/N-ethyl adjacent to an activating group) is 1. The molecule has 0 aromatic rings. The van der Waals surface area contributed by atoms with E-state index in [0.717, 1.165) is 11.5 Å². The van der Waals surface area contributed by atoms with E-state index in [1.54, 1.807) is 25.7 Å². The van der Waals surface area contributed by atoms with E-state index in [4.69, 9.17) is 15.2 Å². The second-order valence-corrected chi connectivity index (χ2v) is 6.01. The molecule has 0 saturated heterocycles. The smallest absolute Gasteiger partial charge is 0.307 e. The van der Waals surface area contributed by atoms with Crippen LogP contribution in [0.4, 0.5) is 0 Å². The number of methoxy groups -OCH3 is 1. The van der Waals surface area contributed by atoms with Gasteiger partial charge in [0.15, 0.2) is 6.10 Å². The van der Waals surface area contributed by atoms with Crippen LogP contribution in [-0.2, 0) is 19.1 Å². The van der Waals surface area contributed by atoms with Crippen LogP contribution < -0.4 is 5.73 Å². The standard InChI is InChI=1S/C14H28N2O4S/c1-5-20-12(17)7-9-16(3)14(18)13(19-4)11(15)8-10-21-6-2/h11,13H,5-10,15H2,1-4H3. The third-order valence-electron chi connectivity index (χ3n) is 3.02. The highest BCUT2D eigenvalue weighted by Crippen LogP contribution is 2.09. The lowest BCUT2D eigenvalue weighted by atomic mass is 10.1. The molecule has 0 spiro atoms. The van der Waals surface area contributed by atoms with Crippen LogP contribution >= 0.6 is 11.8 Å². The van der Waals surface area contributed by atoms with Crippen molar-refractivity contribution >= 4 is 23.6 Å². The summed E-state index contributed by atoms with van der Waals surface area (Å²) < 4.78 is 10.1. The molecular weight excluding hydrogens is 292 g/mol. The lowest BCUT2D eigenvalue weighted by Crippen LogP contribution is -2.48. The molecule has 0 bridgehead atoms. The summed E-state index contributed by atoms with van der Waals surface area (Å²) in [6, 6.07) is -0.341. The van der Waals surface area contributed by atoms with Crippen LogP contribution in [0.3, 0.4) is 0 Å². The summed E-state index contributed by atoms with van der Waals surface area (Å²) in [5, 5.41) is 0. The molecule has 124 valence electrons. The molecule has 6 nitrogen and oxygen atoms in total. The zero-order valence-electron chi connectivity index (χ0n) is 13.5. The Kier molecular flexibility index (Phi) is 11.4. The molecular formula is C14H28N2O4S. The van der Waals surface area contributed by atoms with Crippen molar-refractivity contribution < 1.29 is 19.1 Å². The zero-order chi connectivity index (χ0) is 16.3. The van der Waals surface area contributed by atoms with E-state index in [1.165, 1.54) is 12.0 Å². The van der Waals surface area contributed by atoms with Crippen molar-refractivity contribution in [1.82, 2.24) is 4.90 Å². The van der Waals surface area contributed by atoms with E-state index < -0.39 is 6.10 Å². The minimum atomic E-state index is -0.672. The topological polar surface area (TPSA) is 81.9 Å². The van der Waals surface area contributed by atoms with Gasteiger partial charge in [0.25, 0.3) is 5.91 Å². The molecule has 0 aliphatic heterocycles. The van der Waals surface area contributed by atoms with Gasteiger partial charge < -0.3 is 20.1 Å². The molecule has 1 amide bonds. The summed E-state index contributed by atoms with van der Waals surface area (Å²) in [5.41, 5.74) is 6.03. The van der Waals surface area contributed by atoms with Crippen molar-refractivity contribution in [3.8, 4) is 0 Å². The summed E-state index contributed by atoms with van der Waals surface area (Å²) in [6.45, 7) is 4.48. The van der Waals surface area contributed by atoms with Gasteiger partial charge in [-0.05, 0) is 24.9 Å². The van der Waals surface area contributed by atoms with E-state index in [1.807, 2.05) is 0 Å². The van der Waals surface area contributed by atoms with Crippen molar-refractivity contribution in [2.24, 2.45) is 5.73 Å². The van der Waals surface area contributed by atoms with E-state index in [9.17, 15) is 9.59 Å². The number of amides is 1. The first-order valence-corrected chi connectivity index (χ1v) is 8.40. The Balaban J connectivity index is 4.31. The van der Waals surface area contributed by atoms with Crippen LogP contribution in [0.25, 0.3) is 0 Å². The fourth-order valence-electron chi connectivity index (χ4n) is 1.79. The number of hydrogen-bond acceptors (Lipinski definition) is 6. The molecule has 0 heterocycles. The highest BCUT2D eigenvalue weighted by atomic mass is 32.2. The first-order chi connectivity index (χ1) is 9.97. The maximum Gasteiger partial charge on any atom is 0.307 e. The molecule has 0 aromatic carbocycles. The Hall–Kier alpha value is -0.790. The van der Waals surface area contributed by atoms with E-state index in [-0.39, 0.29) is 24.3 Å². The monoisotopic (exact) mass is 320 g/mol. The third kappa shape index (κ3) is 8.28. The van der Waals surface area contributed by atoms with Crippen molar-refractivity contribution in [2.75, 3.05) is 38.8 Å². The van der Waals surface area contributed by atoms with Gasteiger partial charge in [0.1, 0.15) is 0 Å². The fraction of sp³-hybridized carbons (Fsp3) is 0.857. The first kappa shape index (κ1) is 20.2. The first-order valence-electron chi connectivity index (χ1n) is 7.24. The summed E-state index contributed by atoms with van der Waals surface area (Å²) >= 11 is 1.78. The number of nitrogens with zero attached hydrogens (tertiary/aromatic N) is 1. The molecule has 0 rings (SSSR count). The molecule has 7 heteroatoms. The fourth-order valence-corrected chi connectivity index (χ4v) is 2.52. The van der Waals surface area contributed by atoms with Crippen LogP contribution in [0.2, 0.25) is 0 Å². The highest BCUT2D eigenvalue weighted by molar-refractivity contribution is 7.99. The Morgan fingerprint density at radius 2 is 2.00 bits per heavy atom. The van der Waals surface area contributed by atoms with Crippen LogP contribution in [0, 0.1) is 0 Å². The predicted molar refractivity (Wildman–Crippen MR) is 85.3 cm³/mol. The largest absolute Gasteiger partial charge is 0.466 e. The normalized spacial score (nSPS) is 13.6. The van der Waals surface area contributed by atoms with Gasteiger partial charge in [-0.3, -0.25) is 9.59 Å². The Bertz CT molecular complexity index is 315. The van der Waals surface area contributed by atoms with Gasteiger partial charge in [-0.15, -0.1) is 0 Å². The van der Waals surface area contributed by atoms with Crippen LogP contribution in [0.15, 0.2) is 0 Å². The van der Waals surface area contributed by atoms with Gasteiger partial charge in [0, 0.05) is 26.7 Å². The van der Waals surface area contributed by atoms with Gasteiger partial charge in [0.05, 0.1) is 13.0 Å². The lowest BCUT2D eigenvalue weighted by Gasteiger charge is -2.26. The molecule has 2 N–H and O–H groups in total. The molecule has 0 radical (unpaired) electrons. The summed E-state index contributed by atoms with van der Waals surface area (Å²) in [4.78, 5) is 25.0. The Morgan fingerprint density at radius 1 is 1.33 bits per heavy atom. The summed E-state index contributed by atoms with van der Waals surface area (Å²) in [5.74, 6) is 1.42. The van der Waals surface area contributed by atoms with E-state index in [0.29, 0.717) is 19.6 Å². The maximum absolute atomic E-state index is 12.3. The van der Waals surface area contributed by atoms with Crippen molar-refractivity contribution in [2.45, 2.75) is 38.8 Å². The van der Waals surface area contributed by atoms with Crippen LogP contribution in [0.1, 0.15) is 26.7 Å². The maximum atomic E-state index is 12.3. The van der Waals surface area contributed by atoms with Gasteiger partial charge >= 0.3 is 5.97 Å². The van der Waals surface area contributed by atoms with Crippen molar-refractivity contribution in [3.63, 3.8) is 0 Å². The molecule has 0 aromatic heterocycles. The van der Waals surface area contributed by atoms with Gasteiger partial charge in [-0.25, -0.2) is 0 Å². The molecule has 0 aliphatic carbocycles. The second kappa shape index (κ2) is 11.8. The number of nitrogens with two attached hydrogens (primary N) is 1. The number of carbonyl (C=O) groups excluding carboxylic acids is 2. The number of hydrogen-bond donors (Lipinski definition) is 1. The van der Waals surface area contributed by atoms with Gasteiger partial charge in [0.2, 0.25) is 0 Å². The zero-order valence-corrected chi connectivity index (χ0v) is 14.3. The number of esters is 1. The minimum Gasteiger partial charge on any atom is -0.466 e. The van der Waals surface area contributed by atoms with E-state index in [2.05, 4.69) is 6.92 Å². The molecule has 2 unspecified atom stereocenters. The average Bonchev–Trinajstić information content (AvgIpc) is 2.46. The van der Waals surface area contributed by atoms with Crippen molar-refractivity contribution in [1.29, 1.82) is 0 Å². The van der Waals surface area contributed by atoms with Crippen molar-refractivity contribution in [3.05, 3.63) is 0 Å². The number of rotatable bonds is 11.